The molecule has 0 aromatic heterocycles. The second-order valence-corrected chi connectivity index (χ2v) is 20.0. The molecule has 0 saturated carbocycles. The number of halogens is 6. The Balaban J connectivity index is -0.000000123. The van der Waals surface area contributed by atoms with Gasteiger partial charge in [-0.15, -0.1) is 0 Å². The van der Waals surface area contributed by atoms with Crippen molar-refractivity contribution >= 4 is 36.1 Å². The topological polar surface area (TPSA) is 114 Å². The van der Waals surface area contributed by atoms with Crippen LogP contribution in [0.15, 0.2) is 0 Å². The molecule has 37 heavy (non-hydrogen) atoms. The third-order valence-corrected chi connectivity index (χ3v) is 12.4. The molecule has 0 unspecified atom stereocenters. The Bertz CT molecular complexity index is 682. The van der Waals surface area contributed by atoms with Crippen LogP contribution >= 0.6 is 15.8 Å². The molecular weight excluding hydrogens is 683 g/mol. The van der Waals surface area contributed by atoms with E-state index in [1.54, 1.807) is 0 Å². The predicted molar refractivity (Wildman–Crippen MR) is 136 cm³/mol. The van der Waals surface area contributed by atoms with Gasteiger partial charge in [0.25, 0.3) is 0 Å². The second kappa shape index (κ2) is 19.9. The van der Waals surface area contributed by atoms with Crippen molar-refractivity contribution in [2.24, 2.45) is 0 Å². The molecule has 0 radical (unpaired) electrons. The van der Waals surface area contributed by atoms with Gasteiger partial charge in [-0.05, 0) is 34.0 Å². The van der Waals surface area contributed by atoms with Crippen molar-refractivity contribution in [3.8, 4) is 0 Å². The minimum atomic E-state index is -6.09. The van der Waals surface area contributed by atoms with Crippen molar-refractivity contribution in [2.75, 3.05) is 0 Å². The van der Waals surface area contributed by atoms with Gasteiger partial charge in [-0.2, -0.15) is 26.3 Å². The quantitative estimate of drug-likeness (QED) is 0.0923. The van der Waals surface area contributed by atoms with Crippen LogP contribution in [0, 0.1) is 0 Å². The van der Waals surface area contributed by atoms with E-state index >= 15 is 0 Å². The van der Waals surface area contributed by atoms with Crippen molar-refractivity contribution in [1.29, 1.82) is 0 Å². The first-order chi connectivity index (χ1) is 15.4. The molecule has 17 heteroatoms. The Morgan fingerprint density at radius 1 is 0.459 bits per heavy atom. The van der Waals surface area contributed by atoms with E-state index in [2.05, 4.69) is 83.1 Å². The fourth-order valence-corrected chi connectivity index (χ4v) is 10.7. The van der Waals surface area contributed by atoms with Gasteiger partial charge in [0.05, 0.1) is 0 Å². The van der Waals surface area contributed by atoms with Crippen molar-refractivity contribution in [2.45, 2.75) is 128 Å². The van der Waals surface area contributed by atoms with Crippen LogP contribution < -0.4 is 0 Å². The normalized spacial score (nSPS) is 12.9. The fourth-order valence-electron chi connectivity index (χ4n) is 3.58. The van der Waals surface area contributed by atoms with Crippen LogP contribution in [0.3, 0.4) is 0 Å². The van der Waals surface area contributed by atoms with Crippen molar-refractivity contribution < 1.29 is 72.7 Å². The number of hydrogen-bond donors (Lipinski definition) is 0. The minimum Gasteiger partial charge on any atom is -0.741 e. The summed E-state index contributed by atoms with van der Waals surface area (Å²) in [6.45, 7) is 28.2. The van der Waals surface area contributed by atoms with Crippen molar-refractivity contribution in [1.82, 2.24) is 0 Å². The Labute approximate surface area is 236 Å². The van der Waals surface area contributed by atoms with Gasteiger partial charge >= 0.3 is 31.4 Å². The molecule has 0 aliphatic carbocycles. The summed E-state index contributed by atoms with van der Waals surface area (Å²) < 4.78 is 118. The Kier molecular flexibility index (Phi) is 25.7. The van der Waals surface area contributed by atoms with E-state index < -0.39 is 31.3 Å². The maximum atomic E-state index is 10.7. The van der Waals surface area contributed by atoms with Gasteiger partial charge < -0.3 is 9.11 Å². The number of rotatable bonds is 6. The van der Waals surface area contributed by atoms with Gasteiger partial charge in [0.2, 0.25) is 0 Å². The van der Waals surface area contributed by atoms with Gasteiger partial charge in [-0.3, -0.25) is 0 Å². The number of alkyl halides is 6. The Hall–Kier alpha value is 0.922. The average Bonchev–Trinajstić information content (AvgIpc) is 2.49. The SMILES string of the molecule is CC(C)P(C(C)C)C(C)C.CC(C)P(C(C)C)C(C)C.O=S(=O)([O-])C(F)(F)F.O=S(=O)([O-])C(F)(F)F.[Pd+2]. The summed E-state index contributed by atoms with van der Waals surface area (Å²) in [5, 5.41) is 0. The molecule has 0 aromatic rings. The molecule has 0 spiro atoms. The summed E-state index contributed by atoms with van der Waals surface area (Å²) in [5.74, 6) is 0. The summed E-state index contributed by atoms with van der Waals surface area (Å²) in [6, 6.07) is 0. The van der Waals surface area contributed by atoms with Crippen molar-refractivity contribution in [3.05, 3.63) is 0 Å². The maximum Gasteiger partial charge on any atom is 2.00 e. The zero-order valence-electron chi connectivity index (χ0n) is 23.2. The fraction of sp³-hybridized carbons (Fsp3) is 1.00. The summed E-state index contributed by atoms with van der Waals surface area (Å²) in [6.07, 6.45) is 0. The van der Waals surface area contributed by atoms with Crippen LogP contribution in [-0.4, -0.2) is 70.9 Å². The van der Waals surface area contributed by atoms with Crippen LogP contribution in [0.25, 0.3) is 0 Å². The summed E-state index contributed by atoms with van der Waals surface area (Å²) >= 11 is 0. The van der Waals surface area contributed by atoms with Gasteiger partial charge in [0, 0.05) is 0 Å². The smallest absolute Gasteiger partial charge is 0.741 e. The van der Waals surface area contributed by atoms with Gasteiger partial charge in [0.1, 0.15) is 0 Å². The summed E-state index contributed by atoms with van der Waals surface area (Å²) in [4.78, 5) is 0. The molecule has 0 saturated heterocycles. The maximum absolute atomic E-state index is 10.7. The van der Waals surface area contributed by atoms with Gasteiger partial charge in [-0.25, -0.2) is 16.8 Å². The molecule has 0 amide bonds. The molecule has 0 rings (SSSR count). The molecule has 0 aromatic carbocycles. The molecule has 0 aliphatic heterocycles. The van der Waals surface area contributed by atoms with E-state index in [1.807, 2.05) is 0 Å². The first-order valence-electron chi connectivity index (χ1n) is 11.0. The third-order valence-electron chi connectivity index (χ3n) is 4.14. The monoisotopic (exact) mass is 724 g/mol. The van der Waals surface area contributed by atoms with E-state index in [0.29, 0.717) is 0 Å². The average molecular weight is 725 g/mol. The molecule has 0 N–H and O–H groups in total. The zero-order chi connectivity index (χ0) is 30.6. The third kappa shape index (κ3) is 24.4. The molecule has 0 atom stereocenters. The molecule has 0 fully saturated rings. The van der Waals surface area contributed by atoms with Crippen LogP contribution in [0.5, 0.6) is 0 Å². The first kappa shape index (κ1) is 47.7. The second-order valence-electron chi connectivity index (χ2n) is 9.26. The van der Waals surface area contributed by atoms with Crippen LogP contribution in [0.1, 0.15) is 83.1 Å². The Morgan fingerprint density at radius 3 is 0.541 bits per heavy atom. The van der Waals surface area contributed by atoms with E-state index in [9.17, 15) is 26.3 Å². The molecule has 0 aliphatic rings. The van der Waals surface area contributed by atoms with Crippen LogP contribution in [-0.2, 0) is 40.7 Å². The molecule has 0 bridgehead atoms. The largest absolute Gasteiger partial charge is 2.00 e. The summed E-state index contributed by atoms with van der Waals surface area (Å²) in [5.41, 5.74) is -5.90. The molecule has 0 heterocycles. The predicted octanol–water partition coefficient (Wildman–Crippen LogP) is 7.49. The number of hydrogen-bond acceptors (Lipinski definition) is 6. The Morgan fingerprint density at radius 2 is 0.541 bits per heavy atom. The first-order valence-corrected chi connectivity index (χ1v) is 16.9. The van der Waals surface area contributed by atoms with Crippen LogP contribution in [0.4, 0.5) is 26.3 Å². The zero-order valence-corrected chi connectivity index (χ0v) is 28.2. The van der Waals surface area contributed by atoms with Crippen LogP contribution in [0.2, 0.25) is 0 Å². The standard InChI is InChI=1S/2C9H21P.2CHF3O3S.Pd/c2*1-7(2)10(8(3)4)9(5)6;2*2-1(3,4)8(5,6)7;/h2*7-9H,1-6H3;2*(H,5,6,7);/q;;;;+2/p-2. The van der Waals surface area contributed by atoms with E-state index in [-0.39, 0.29) is 36.3 Å². The summed E-state index contributed by atoms with van der Waals surface area (Å²) in [7, 11) is -11.7. The molecule has 6 nitrogen and oxygen atoms in total. The molecule has 232 valence electrons. The van der Waals surface area contributed by atoms with Gasteiger partial charge in [-0.1, -0.05) is 98.9 Å². The minimum absolute atomic E-state index is 0. The van der Waals surface area contributed by atoms with E-state index in [0.717, 1.165) is 34.0 Å². The van der Waals surface area contributed by atoms with E-state index in [1.165, 1.54) is 0 Å². The molecular formula is C20H42F6O6P2PdS2. The van der Waals surface area contributed by atoms with E-state index in [4.69, 9.17) is 25.9 Å². The van der Waals surface area contributed by atoms with Gasteiger partial charge in [0.15, 0.2) is 20.2 Å². The van der Waals surface area contributed by atoms with Crippen molar-refractivity contribution in [3.63, 3.8) is 0 Å².